The summed E-state index contributed by atoms with van der Waals surface area (Å²) in [5, 5.41) is 2.98. The molecule has 0 radical (unpaired) electrons. The number of hydrogen-bond acceptors (Lipinski definition) is 1. The SMILES string of the molecule is CCCCNC(=O)N1C[C@H](C)C[C@H](C)C1. The monoisotopic (exact) mass is 212 g/mol. The molecule has 0 bridgehead atoms. The number of rotatable bonds is 3. The minimum Gasteiger partial charge on any atom is -0.338 e. The summed E-state index contributed by atoms with van der Waals surface area (Å²) in [5.74, 6) is 1.29. The van der Waals surface area contributed by atoms with Crippen LogP contribution < -0.4 is 5.32 Å². The molecule has 15 heavy (non-hydrogen) atoms. The zero-order valence-electron chi connectivity index (χ0n) is 10.3. The number of hydrogen-bond donors (Lipinski definition) is 1. The van der Waals surface area contributed by atoms with Crippen molar-refractivity contribution in [1.29, 1.82) is 0 Å². The maximum atomic E-state index is 11.8. The van der Waals surface area contributed by atoms with Gasteiger partial charge >= 0.3 is 6.03 Å². The van der Waals surface area contributed by atoms with Gasteiger partial charge in [0.2, 0.25) is 0 Å². The van der Waals surface area contributed by atoms with Crippen LogP contribution in [-0.4, -0.2) is 30.6 Å². The number of unbranched alkanes of at least 4 members (excludes halogenated alkanes) is 1. The zero-order valence-corrected chi connectivity index (χ0v) is 10.3. The normalized spacial score (nSPS) is 26.5. The van der Waals surface area contributed by atoms with Gasteiger partial charge in [-0.2, -0.15) is 0 Å². The maximum absolute atomic E-state index is 11.8. The summed E-state index contributed by atoms with van der Waals surface area (Å²) < 4.78 is 0. The van der Waals surface area contributed by atoms with Crippen LogP contribution in [0.15, 0.2) is 0 Å². The third-order valence-corrected chi connectivity index (χ3v) is 2.96. The topological polar surface area (TPSA) is 32.3 Å². The van der Waals surface area contributed by atoms with Gasteiger partial charge in [0.1, 0.15) is 0 Å². The van der Waals surface area contributed by atoms with E-state index in [9.17, 15) is 4.79 Å². The highest BCUT2D eigenvalue weighted by molar-refractivity contribution is 5.74. The lowest BCUT2D eigenvalue weighted by Gasteiger charge is -2.34. The largest absolute Gasteiger partial charge is 0.338 e. The number of piperidine rings is 1. The number of carbonyl (C=O) groups excluding carboxylic acids is 1. The van der Waals surface area contributed by atoms with Crippen LogP contribution >= 0.6 is 0 Å². The molecule has 0 aliphatic carbocycles. The summed E-state index contributed by atoms with van der Waals surface area (Å²) in [6.45, 7) is 9.24. The number of nitrogens with zero attached hydrogens (tertiary/aromatic N) is 1. The van der Waals surface area contributed by atoms with Crippen molar-refractivity contribution in [2.75, 3.05) is 19.6 Å². The van der Waals surface area contributed by atoms with Crippen LogP contribution in [0.2, 0.25) is 0 Å². The van der Waals surface area contributed by atoms with Crippen LogP contribution in [0.4, 0.5) is 4.79 Å². The van der Waals surface area contributed by atoms with Crippen molar-refractivity contribution in [2.24, 2.45) is 11.8 Å². The molecule has 3 nitrogen and oxygen atoms in total. The Kier molecular flexibility index (Phi) is 4.92. The zero-order chi connectivity index (χ0) is 11.3. The fraction of sp³-hybridized carbons (Fsp3) is 0.917. The molecule has 0 spiro atoms. The molecule has 1 aliphatic rings. The van der Waals surface area contributed by atoms with Crippen molar-refractivity contribution in [3.8, 4) is 0 Å². The molecule has 0 aromatic carbocycles. The van der Waals surface area contributed by atoms with Crippen LogP contribution in [0.3, 0.4) is 0 Å². The minimum absolute atomic E-state index is 0.127. The molecule has 2 amide bonds. The average molecular weight is 212 g/mol. The summed E-state index contributed by atoms with van der Waals surface area (Å²) in [7, 11) is 0. The second-order valence-corrected chi connectivity index (χ2v) is 4.94. The van der Waals surface area contributed by atoms with Crippen molar-refractivity contribution in [3.05, 3.63) is 0 Å². The van der Waals surface area contributed by atoms with E-state index >= 15 is 0 Å². The van der Waals surface area contributed by atoms with Crippen LogP contribution in [0, 0.1) is 11.8 Å². The molecule has 0 saturated carbocycles. The minimum atomic E-state index is 0.127. The predicted molar refractivity (Wildman–Crippen MR) is 62.8 cm³/mol. The highest BCUT2D eigenvalue weighted by Crippen LogP contribution is 2.20. The van der Waals surface area contributed by atoms with Gasteiger partial charge in [0, 0.05) is 19.6 Å². The van der Waals surface area contributed by atoms with Gasteiger partial charge in [-0.05, 0) is 24.7 Å². The molecular formula is C12H24N2O. The van der Waals surface area contributed by atoms with Crippen molar-refractivity contribution in [1.82, 2.24) is 10.2 Å². The second-order valence-electron chi connectivity index (χ2n) is 4.94. The molecule has 3 heteroatoms. The Hall–Kier alpha value is -0.730. The molecule has 2 atom stereocenters. The molecule has 0 unspecified atom stereocenters. The number of nitrogens with one attached hydrogen (secondary N) is 1. The van der Waals surface area contributed by atoms with Gasteiger partial charge in [0.05, 0.1) is 0 Å². The summed E-state index contributed by atoms with van der Waals surface area (Å²) in [6.07, 6.45) is 3.45. The van der Waals surface area contributed by atoms with E-state index in [0.717, 1.165) is 32.5 Å². The molecule has 1 heterocycles. The van der Waals surface area contributed by atoms with E-state index in [1.807, 2.05) is 4.90 Å². The van der Waals surface area contributed by atoms with Crippen molar-refractivity contribution >= 4 is 6.03 Å². The van der Waals surface area contributed by atoms with Gasteiger partial charge in [0.15, 0.2) is 0 Å². The lowest BCUT2D eigenvalue weighted by Crippen LogP contribution is -2.47. The van der Waals surface area contributed by atoms with Crippen molar-refractivity contribution < 1.29 is 4.79 Å². The Morgan fingerprint density at radius 3 is 2.47 bits per heavy atom. The molecule has 0 aromatic rings. The fourth-order valence-corrected chi connectivity index (χ4v) is 2.31. The van der Waals surface area contributed by atoms with E-state index in [1.165, 1.54) is 6.42 Å². The first-order valence-corrected chi connectivity index (χ1v) is 6.16. The molecule has 1 rings (SSSR count). The van der Waals surface area contributed by atoms with Gasteiger partial charge in [0.25, 0.3) is 0 Å². The van der Waals surface area contributed by atoms with E-state index in [4.69, 9.17) is 0 Å². The Balaban J connectivity index is 2.31. The van der Waals surface area contributed by atoms with E-state index in [0.29, 0.717) is 11.8 Å². The molecular weight excluding hydrogens is 188 g/mol. The Morgan fingerprint density at radius 2 is 1.93 bits per heavy atom. The summed E-state index contributed by atoms with van der Waals surface area (Å²) in [6, 6.07) is 0.127. The molecule has 88 valence electrons. The third-order valence-electron chi connectivity index (χ3n) is 2.96. The van der Waals surface area contributed by atoms with E-state index in [1.54, 1.807) is 0 Å². The molecule has 0 aromatic heterocycles. The van der Waals surface area contributed by atoms with E-state index < -0.39 is 0 Å². The molecule has 1 fully saturated rings. The number of amides is 2. The van der Waals surface area contributed by atoms with Crippen molar-refractivity contribution in [2.45, 2.75) is 40.0 Å². The van der Waals surface area contributed by atoms with Gasteiger partial charge in [-0.25, -0.2) is 4.79 Å². The molecule has 1 aliphatic heterocycles. The van der Waals surface area contributed by atoms with Gasteiger partial charge in [-0.15, -0.1) is 0 Å². The van der Waals surface area contributed by atoms with Crippen molar-refractivity contribution in [3.63, 3.8) is 0 Å². The third kappa shape index (κ3) is 4.10. The first kappa shape index (κ1) is 12.3. The quantitative estimate of drug-likeness (QED) is 0.716. The van der Waals surface area contributed by atoms with Gasteiger partial charge in [-0.3, -0.25) is 0 Å². The first-order chi connectivity index (χ1) is 7.13. The van der Waals surface area contributed by atoms with Crippen LogP contribution in [0.5, 0.6) is 0 Å². The highest BCUT2D eigenvalue weighted by Gasteiger charge is 2.24. The summed E-state index contributed by atoms with van der Waals surface area (Å²) in [4.78, 5) is 13.7. The Labute approximate surface area is 93.2 Å². The van der Waals surface area contributed by atoms with E-state index in [2.05, 4.69) is 26.1 Å². The van der Waals surface area contributed by atoms with Gasteiger partial charge < -0.3 is 10.2 Å². The van der Waals surface area contributed by atoms with Crippen LogP contribution in [0.1, 0.15) is 40.0 Å². The summed E-state index contributed by atoms with van der Waals surface area (Å²) >= 11 is 0. The Bertz CT molecular complexity index is 196. The fourth-order valence-electron chi connectivity index (χ4n) is 2.31. The first-order valence-electron chi connectivity index (χ1n) is 6.16. The predicted octanol–water partition coefficient (Wildman–Crippen LogP) is 2.47. The van der Waals surface area contributed by atoms with Crippen LogP contribution in [0.25, 0.3) is 0 Å². The maximum Gasteiger partial charge on any atom is 0.317 e. The van der Waals surface area contributed by atoms with E-state index in [-0.39, 0.29) is 6.03 Å². The smallest absolute Gasteiger partial charge is 0.317 e. The number of carbonyl (C=O) groups is 1. The molecule has 1 N–H and O–H groups in total. The van der Waals surface area contributed by atoms with Crippen LogP contribution in [-0.2, 0) is 0 Å². The lowest BCUT2D eigenvalue weighted by molar-refractivity contribution is 0.146. The summed E-state index contributed by atoms with van der Waals surface area (Å²) in [5.41, 5.74) is 0. The lowest BCUT2D eigenvalue weighted by atomic mass is 9.92. The molecule has 1 saturated heterocycles. The number of urea groups is 1. The number of likely N-dealkylation sites (tertiary alicyclic amines) is 1. The Morgan fingerprint density at radius 1 is 1.33 bits per heavy atom. The van der Waals surface area contributed by atoms with Gasteiger partial charge in [-0.1, -0.05) is 27.2 Å². The second kappa shape index (κ2) is 5.99. The standard InChI is InChI=1S/C12H24N2O/c1-4-5-6-13-12(15)14-8-10(2)7-11(3)9-14/h10-11H,4-9H2,1-3H3,(H,13,15)/t10-,11+. The highest BCUT2D eigenvalue weighted by atomic mass is 16.2. The average Bonchev–Trinajstić information content (AvgIpc) is 2.16.